The van der Waals surface area contributed by atoms with Crippen molar-refractivity contribution in [1.29, 1.82) is 0 Å². The number of carbonyl (C=O) groups excluding carboxylic acids is 1. The number of nitrogens with zero attached hydrogens (tertiary/aromatic N) is 1. The van der Waals surface area contributed by atoms with Crippen LogP contribution in [-0.4, -0.2) is 48.9 Å². The zero-order valence-corrected chi connectivity index (χ0v) is 17.1. The number of hydrogen-bond donors (Lipinski definition) is 1. The molecule has 27 heavy (non-hydrogen) atoms. The van der Waals surface area contributed by atoms with Gasteiger partial charge in [-0.3, -0.25) is 9.69 Å². The molecule has 0 radical (unpaired) electrons. The predicted molar refractivity (Wildman–Crippen MR) is 108 cm³/mol. The van der Waals surface area contributed by atoms with Crippen LogP contribution in [0.2, 0.25) is 0 Å². The third kappa shape index (κ3) is 5.61. The van der Waals surface area contributed by atoms with E-state index in [1.54, 1.807) is 11.8 Å². The first kappa shape index (κ1) is 20.0. The highest BCUT2D eigenvalue weighted by Crippen LogP contribution is 2.25. The molecule has 5 nitrogen and oxygen atoms in total. The number of ether oxygens (including phenoxy) is 1. The second-order valence-electron chi connectivity index (χ2n) is 6.93. The molecule has 1 aliphatic rings. The summed E-state index contributed by atoms with van der Waals surface area (Å²) in [4.78, 5) is 16.1. The summed E-state index contributed by atoms with van der Waals surface area (Å²) in [5.41, 5.74) is 1.22. The molecule has 1 N–H and O–H groups in total. The van der Waals surface area contributed by atoms with Gasteiger partial charge in [-0.2, -0.15) is 0 Å². The normalized spacial score (nSPS) is 17.4. The van der Waals surface area contributed by atoms with Crippen LogP contribution in [0, 0.1) is 13.8 Å². The second-order valence-corrected chi connectivity index (χ2v) is 8.35. The predicted octanol–water partition coefficient (Wildman–Crippen LogP) is 3.57. The van der Waals surface area contributed by atoms with Crippen LogP contribution in [0.5, 0.6) is 0 Å². The molecule has 146 valence electrons. The number of amides is 1. The van der Waals surface area contributed by atoms with Gasteiger partial charge >= 0.3 is 0 Å². The molecule has 1 aromatic carbocycles. The number of aryl methyl sites for hydroxylation is 2. The zero-order valence-electron chi connectivity index (χ0n) is 16.2. The summed E-state index contributed by atoms with van der Waals surface area (Å²) in [5, 5.41) is 2.96. The Morgan fingerprint density at radius 1 is 1.15 bits per heavy atom. The molecule has 1 amide bonds. The Kier molecular flexibility index (Phi) is 6.99. The van der Waals surface area contributed by atoms with E-state index in [0.717, 1.165) is 29.5 Å². The zero-order chi connectivity index (χ0) is 19.2. The molecule has 3 rings (SSSR count). The molecule has 1 fully saturated rings. The van der Waals surface area contributed by atoms with E-state index in [-0.39, 0.29) is 17.2 Å². The van der Waals surface area contributed by atoms with E-state index in [2.05, 4.69) is 41.4 Å². The van der Waals surface area contributed by atoms with E-state index in [4.69, 9.17) is 9.15 Å². The number of nitrogens with one attached hydrogen (secondary N) is 1. The lowest BCUT2D eigenvalue weighted by atomic mass is 10.1. The molecule has 0 spiro atoms. The van der Waals surface area contributed by atoms with E-state index in [1.807, 2.05) is 26.0 Å². The van der Waals surface area contributed by atoms with Crippen LogP contribution in [-0.2, 0) is 9.53 Å². The van der Waals surface area contributed by atoms with Crippen LogP contribution in [0.1, 0.15) is 30.0 Å². The monoisotopic (exact) mass is 388 g/mol. The van der Waals surface area contributed by atoms with Crippen molar-refractivity contribution in [3.8, 4) is 0 Å². The molecule has 1 aromatic heterocycles. The van der Waals surface area contributed by atoms with Gasteiger partial charge in [0.15, 0.2) is 0 Å². The summed E-state index contributed by atoms with van der Waals surface area (Å²) in [6, 6.07) is 12.3. The fourth-order valence-electron chi connectivity index (χ4n) is 3.15. The Hall–Kier alpha value is -1.76. The number of carbonyl (C=O) groups is 1. The van der Waals surface area contributed by atoms with Crippen molar-refractivity contribution >= 4 is 17.7 Å². The minimum absolute atomic E-state index is 0.0307. The molecule has 1 saturated heterocycles. The van der Waals surface area contributed by atoms with Crippen LogP contribution in [0.15, 0.2) is 45.7 Å². The van der Waals surface area contributed by atoms with Crippen LogP contribution in [0.4, 0.5) is 0 Å². The molecule has 2 heterocycles. The molecule has 2 atom stereocenters. The average molecular weight is 389 g/mol. The van der Waals surface area contributed by atoms with Gasteiger partial charge in [-0.15, -0.1) is 11.8 Å². The summed E-state index contributed by atoms with van der Waals surface area (Å²) in [7, 11) is 0. The first-order chi connectivity index (χ1) is 13.0. The first-order valence-corrected chi connectivity index (χ1v) is 10.3. The van der Waals surface area contributed by atoms with E-state index < -0.39 is 0 Å². The molecule has 6 heteroatoms. The Balaban J connectivity index is 1.59. The van der Waals surface area contributed by atoms with Gasteiger partial charge < -0.3 is 14.5 Å². The smallest absolute Gasteiger partial charge is 0.233 e. The van der Waals surface area contributed by atoms with Gasteiger partial charge in [-0.1, -0.05) is 17.7 Å². The maximum atomic E-state index is 12.6. The standard InChI is InChI=1S/C21H28N2O3S/c1-15-4-7-18(8-5-15)27-17(3)21(24)22-14-19(20-9-6-16(2)26-20)23-10-12-25-13-11-23/h4-9,17,19H,10-14H2,1-3H3,(H,22,24). The number of rotatable bonds is 7. The second kappa shape index (κ2) is 9.44. The number of hydrogen-bond acceptors (Lipinski definition) is 5. The molecule has 0 bridgehead atoms. The van der Waals surface area contributed by atoms with Gasteiger partial charge in [0.2, 0.25) is 5.91 Å². The number of morpholine rings is 1. The largest absolute Gasteiger partial charge is 0.465 e. The molecule has 1 aliphatic heterocycles. The topological polar surface area (TPSA) is 54.7 Å². The van der Waals surface area contributed by atoms with Gasteiger partial charge in [-0.05, 0) is 45.0 Å². The molecule has 2 unspecified atom stereocenters. The number of furan rings is 1. The van der Waals surface area contributed by atoms with E-state index in [0.29, 0.717) is 19.8 Å². The summed E-state index contributed by atoms with van der Waals surface area (Å²) >= 11 is 1.58. The van der Waals surface area contributed by atoms with Gasteiger partial charge in [-0.25, -0.2) is 0 Å². The highest BCUT2D eigenvalue weighted by molar-refractivity contribution is 8.00. The summed E-state index contributed by atoms with van der Waals surface area (Å²) in [6.45, 7) is 9.59. The minimum atomic E-state index is -0.156. The summed E-state index contributed by atoms with van der Waals surface area (Å²) < 4.78 is 11.3. The number of benzene rings is 1. The Morgan fingerprint density at radius 3 is 2.48 bits per heavy atom. The van der Waals surface area contributed by atoms with Crippen molar-refractivity contribution in [2.75, 3.05) is 32.8 Å². The fraction of sp³-hybridized carbons (Fsp3) is 0.476. The lowest BCUT2D eigenvalue weighted by Crippen LogP contribution is -2.44. The third-order valence-corrected chi connectivity index (χ3v) is 5.86. The maximum absolute atomic E-state index is 12.6. The summed E-state index contributed by atoms with van der Waals surface area (Å²) in [5.74, 6) is 1.83. The molecule has 0 aliphatic carbocycles. The number of thioether (sulfide) groups is 1. The maximum Gasteiger partial charge on any atom is 0.233 e. The van der Waals surface area contributed by atoms with Crippen molar-refractivity contribution in [2.24, 2.45) is 0 Å². The van der Waals surface area contributed by atoms with Crippen molar-refractivity contribution in [1.82, 2.24) is 10.2 Å². The highest BCUT2D eigenvalue weighted by atomic mass is 32.2. The van der Waals surface area contributed by atoms with Crippen LogP contribution in [0.3, 0.4) is 0 Å². The first-order valence-electron chi connectivity index (χ1n) is 9.42. The minimum Gasteiger partial charge on any atom is -0.465 e. The average Bonchev–Trinajstić information content (AvgIpc) is 3.10. The quantitative estimate of drug-likeness (QED) is 0.735. The lowest BCUT2D eigenvalue weighted by molar-refractivity contribution is -0.120. The highest BCUT2D eigenvalue weighted by Gasteiger charge is 2.26. The van der Waals surface area contributed by atoms with Gasteiger partial charge in [0.25, 0.3) is 0 Å². The van der Waals surface area contributed by atoms with Crippen LogP contribution >= 0.6 is 11.8 Å². The molecular weight excluding hydrogens is 360 g/mol. The van der Waals surface area contributed by atoms with Gasteiger partial charge in [0.1, 0.15) is 11.5 Å². The third-order valence-electron chi connectivity index (χ3n) is 4.75. The van der Waals surface area contributed by atoms with Crippen LogP contribution in [0.25, 0.3) is 0 Å². The SMILES string of the molecule is Cc1ccc(SC(C)C(=O)NCC(c2ccc(C)o2)N2CCOCC2)cc1. The Morgan fingerprint density at radius 2 is 1.85 bits per heavy atom. The van der Waals surface area contributed by atoms with E-state index >= 15 is 0 Å². The molecule has 0 saturated carbocycles. The van der Waals surface area contributed by atoms with E-state index in [1.165, 1.54) is 5.56 Å². The Labute approximate surface area is 165 Å². The van der Waals surface area contributed by atoms with Crippen molar-refractivity contribution in [3.63, 3.8) is 0 Å². The van der Waals surface area contributed by atoms with Crippen molar-refractivity contribution in [3.05, 3.63) is 53.5 Å². The summed E-state index contributed by atoms with van der Waals surface area (Å²) in [6.07, 6.45) is 0. The van der Waals surface area contributed by atoms with E-state index in [9.17, 15) is 4.79 Å². The molecular formula is C21H28N2O3S. The lowest BCUT2D eigenvalue weighted by Gasteiger charge is -2.33. The van der Waals surface area contributed by atoms with Crippen molar-refractivity contribution in [2.45, 2.75) is 37.0 Å². The van der Waals surface area contributed by atoms with Gasteiger partial charge in [0.05, 0.1) is 24.5 Å². The Bertz CT molecular complexity index is 738. The van der Waals surface area contributed by atoms with Gasteiger partial charge in [0, 0.05) is 24.5 Å². The van der Waals surface area contributed by atoms with Crippen LogP contribution < -0.4 is 5.32 Å². The van der Waals surface area contributed by atoms with Crippen molar-refractivity contribution < 1.29 is 13.9 Å². The molecule has 2 aromatic rings. The fourth-order valence-corrected chi connectivity index (χ4v) is 4.04.